The number of para-hydroxylation sites is 1. The molecular weight excluding hydrogens is 285 g/mol. The summed E-state index contributed by atoms with van der Waals surface area (Å²) in [6, 6.07) is 15.6. The van der Waals surface area contributed by atoms with Gasteiger partial charge in [0.05, 0.1) is 5.52 Å². The van der Waals surface area contributed by atoms with Crippen molar-refractivity contribution in [2.24, 2.45) is 5.73 Å². The first-order valence-electron chi connectivity index (χ1n) is 6.36. The van der Waals surface area contributed by atoms with Crippen LogP contribution in [0.25, 0.3) is 10.9 Å². The van der Waals surface area contributed by atoms with Crippen LogP contribution in [0, 0.1) is 5.82 Å². The molecule has 2 aromatic carbocycles. The molecular formula is C16H12FN3S. The number of hydrogen-bond acceptors (Lipinski definition) is 3. The predicted octanol–water partition coefficient (Wildman–Crippen LogP) is 3.75. The van der Waals surface area contributed by atoms with Gasteiger partial charge in [0.2, 0.25) is 0 Å². The van der Waals surface area contributed by atoms with Crippen molar-refractivity contribution in [3.8, 4) is 0 Å². The Morgan fingerprint density at radius 1 is 1.10 bits per heavy atom. The van der Waals surface area contributed by atoms with E-state index in [9.17, 15) is 4.39 Å². The van der Waals surface area contributed by atoms with E-state index >= 15 is 0 Å². The molecule has 5 heteroatoms. The van der Waals surface area contributed by atoms with Crippen LogP contribution < -0.4 is 11.1 Å². The Bertz CT molecular complexity index is 833. The molecule has 0 amide bonds. The highest BCUT2D eigenvalue weighted by atomic mass is 32.1. The highest BCUT2D eigenvalue weighted by Crippen LogP contribution is 2.23. The van der Waals surface area contributed by atoms with E-state index in [0.717, 1.165) is 16.5 Å². The van der Waals surface area contributed by atoms with Crippen molar-refractivity contribution in [1.82, 2.24) is 4.98 Å². The van der Waals surface area contributed by atoms with Crippen molar-refractivity contribution in [3.63, 3.8) is 0 Å². The number of aromatic nitrogens is 1. The minimum Gasteiger partial charge on any atom is -0.389 e. The molecule has 3 rings (SSSR count). The third-order valence-corrected chi connectivity index (χ3v) is 3.30. The van der Waals surface area contributed by atoms with Crippen LogP contribution in [0.1, 0.15) is 5.56 Å². The molecule has 0 aliphatic heterocycles. The molecule has 0 unspecified atom stereocenters. The summed E-state index contributed by atoms with van der Waals surface area (Å²) in [5, 5.41) is 3.96. The fourth-order valence-corrected chi connectivity index (χ4v) is 2.33. The monoisotopic (exact) mass is 297 g/mol. The Balaban J connectivity index is 2.09. The molecule has 3 N–H and O–H groups in total. The topological polar surface area (TPSA) is 50.9 Å². The van der Waals surface area contributed by atoms with Gasteiger partial charge in [-0.05, 0) is 30.3 Å². The van der Waals surface area contributed by atoms with Crippen molar-refractivity contribution in [1.29, 1.82) is 0 Å². The average Bonchev–Trinajstić information content (AvgIpc) is 2.46. The van der Waals surface area contributed by atoms with Crippen LogP contribution in [0.4, 0.5) is 15.9 Å². The smallest absolute Gasteiger partial charge is 0.131 e. The van der Waals surface area contributed by atoms with Crippen LogP contribution in [-0.4, -0.2) is 9.97 Å². The maximum absolute atomic E-state index is 13.2. The number of thiocarbonyl (C=S) groups is 1. The molecule has 0 aliphatic rings. The van der Waals surface area contributed by atoms with E-state index < -0.39 is 0 Å². The maximum Gasteiger partial charge on any atom is 0.131 e. The lowest BCUT2D eigenvalue weighted by Crippen LogP contribution is -2.11. The molecule has 104 valence electrons. The molecule has 0 atom stereocenters. The molecule has 3 nitrogen and oxygen atoms in total. The second-order valence-electron chi connectivity index (χ2n) is 4.57. The third-order valence-electron chi connectivity index (χ3n) is 3.08. The Morgan fingerprint density at radius 3 is 2.67 bits per heavy atom. The molecule has 1 aromatic heterocycles. The summed E-state index contributed by atoms with van der Waals surface area (Å²) in [7, 11) is 0. The zero-order valence-corrected chi connectivity index (χ0v) is 11.8. The second-order valence-corrected chi connectivity index (χ2v) is 5.01. The van der Waals surface area contributed by atoms with Gasteiger partial charge in [-0.15, -0.1) is 0 Å². The number of rotatable bonds is 3. The highest BCUT2D eigenvalue weighted by Gasteiger charge is 2.08. The summed E-state index contributed by atoms with van der Waals surface area (Å²) in [5.41, 5.74) is 7.92. The number of nitrogens with one attached hydrogen (secondary N) is 1. The lowest BCUT2D eigenvalue weighted by Gasteiger charge is -2.10. The van der Waals surface area contributed by atoms with E-state index in [2.05, 4.69) is 10.3 Å². The van der Waals surface area contributed by atoms with Gasteiger partial charge in [0.25, 0.3) is 0 Å². The number of nitrogens with two attached hydrogens (primary N) is 1. The number of benzene rings is 2. The predicted molar refractivity (Wildman–Crippen MR) is 87.3 cm³/mol. The zero-order valence-electron chi connectivity index (χ0n) is 11.0. The molecule has 0 fully saturated rings. The van der Waals surface area contributed by atoms with Crippen LogP contribution in [0.3, 0.4) is 0 Å². The van der Waals surface area contributed by atoms with Gasteiger partial charge < -0.3 is 11.1 Å². The van der Waals surface area contributed by atoms with E-state index in [-0.39, 0.29) is 5.82 Å². The number of anilines is 2. The average molecular weight is 297 g/mol. The van der Waals surface area contributed by atoms with Crippen LogP contribution in [0.15, 0.2) is 54.6 Å². The number of pyridine rings is 1. The molecule has 0 saturated carbocycles. The van der Waals surface area contributed by atoms with E-state index in [1.54, 1.807) is 18.2 Å². The van der Waals surface area contributed by atoms with E-state index in [1.807, 2.05) is 24.3 Å². The molecule has 0 aliphatic carbocycles. The lowest BCUT2D eigenvalue weighted by molar-refractivity contribution is 0.628. The van der Waals surface area contributed by atoms with Crippen LogP contribution in [-0.2, 0) is 0 Å². The summed E-state index contributed by atoms with van der Waals surface area (Å²) in [6.45, 7) is 0. The first-order chi connectivity index (χ1) is 10.1. The van der Waals surface area contributed by atoms with Crippen molar-refractivity contribution in [2.75, 3.05) is 5.32 Å². The van der Waals surface area contributed by atoms with E-state index in [1.165, 1.54) is 12.1 Å². The SMILES string of the molecule is NC(=S)c1cc(Nc2cccc(F)c2)nc2ccccc12. The van der Waals surface area contributed by atoms with Crippen LogP contribution in [0.5, 0.6) is 0 Å². The third kappa shape index (κ3) is 2.83. The Labute approximate surface area is 126 Å². The Hall–Kier alpha value is -2.53. The molecule has 1 heterocycles. The minimum atomic E-state index is -0.310. The van der Waals surface area contributed by atoms with Crippen LogP contribution >= 0.6 is 12.2 Å². The Morgan fingerprint density at radius 2 is 1.90 bits per heavy atom. The van der Waals surface area contributed by atoms with Crippen LogP contribution in [0.2, 0.25) is 0 Å². The number of nitrogens with zero attached hydrogens (tertiary/aromatic N) is 1. The van der Waals surface area contributed by atoms with E-state index in [4.69, 9.17) is 18.0 Å². The lowest BCUT2D eigenvalue weighted by atomic mass is 10.1. The second kappa shape index (κ2) is 5.46. The van der Waals surface area contributed by atoms with Gasteiger partial charge in [0, 0.05) is 16.6 Å². The normalized spacial score (nSPS) is 10.5. The first kappa shape index (κ1) is 13.5. The summed E-state index contributed by atoms with van der Waals surface area (Å²) in [5.74, 6) is 0.262. The van der Waals surface area contributed by atoms with Gasteiger partial charge in [-0.1, -0.05) is 36.5 Å². The van der Waals surface area contributed by atoms with Crippen molar-refractivity contribution in [2.45, 2.75) is 0 Å². The fraction of sp³-hybridized carbons (Fsp3) is 0. The summed E-state index contributed by atoms with van der Waals surface area (Å²) < 4.78 is 13.2. The quantitative estimate of drug-likeness (QED) is 0.723. The van der Waals surface area contributed by atoms with Gasteiger partial charge in [-0.25, -0.2) is 9.37 Å². The van der Waals surface area contributed by atoms with Gasteiger partial charge in [-0.2, -0.15) is 0 Å². The van der Waals surface area contributed by atoms with Crippen molar-refractivity contribution in [3.05, 3.63) is 66.0 Å². The summed E-state index contributed by atoms with van der Waals surface area (Å²) >= 11 is 5.10. The van der Waals surface area contributed by atoms with Gasteiger partial charge in [0.1, 0.15) is 16.6 Å². The first-order valence-corrected chi connectivity index (χ1v) is 6.76. The summed E-state index contributed by atoms with van der Waals surface area (Å²) in [6.07, 6.45) is 0. The molecule has 21 heavy (non-hydrogen) atoms. The fourth-order valence-electron chi connectivity index (χ4n) is 2.16. The maximum atomic E-state index is 13.2. The van der Waals surface area contributed by atoms with Gasteiger partial charge in [-0.3, -0.25) is 0 Å². The number of fused-ring (bicyclic) bond motifs is 1. The molecule has 0 saturated heterocycles. The largest absolute Gasteiger partial charge is 0.389 e. The number of halogens is 1. The van der Waals surface area contributed by atoms with Gasteiger partial charge >= 0.3 is 0 Å². The minimum absolute atomic E-state index is 0.302. The highest BCUT2D eigenvalue weighted by molar-refractivity contribution is 7.80. The Kier molecular flexibility index (Phi) is 3.50. The van der Waals surface area contributed by atoms with Crippen molar-refractivity contribution >= 4 is 39.6 Å². The van der Waals surface area contributed by atoms with E-state index in [0.29, 0.717) is 16.5 Å². The van der Waals surface area contributed by atoms with Crippen molar-refractivity contribution < 1.29 is 4.39 Å². The number of hydrogen-bond donors (Lipinski definition) is 2. The molecule has 0 spiro atoms. The standard InChI is InChI=1S/C16H12FN3S/c17-10-4-3-5-11(8-10)19-15-9-13(16(18)21)12-6-1-2-7-14(12)20-15/h1-9H,(H2,18,21)(H,19,20). The summed E-state index contributed by atoms with van der Waals surface area (Å²) in [4.78, 5) is 4.80. The van der Waals surface area contributed by atoms with Gasteiger partial charge in [0.15, 0.2) is 0 Å². The molecule has 0 radical (unpaired) electrons. The zero-order chi connectivity index (χ0) is 14.8. The molecule has 3 aromatic rings. The molecule has 0 bridgehead atoms.